The molecule has 1 aliphatic rings. The highest BCUT2D eigenvalue weighted by atomic mass is 32.2. The highest BCUT2D eigenvalue weighted by Gasteiger charge is 2.25. The minimum Gasteiger partial charge on any atom is -0.284 e. The quantitative estimate of drug-likeness (QED) is 0.909. The minimum atomic E-state index is -3.31. The Labute approximate surface area is 119 Å². The zero-order valence-electron chi connectivity index (χ0n) is 11.2. The van der Waals surface area contributed by atoms with E-state index in [4.69, 9.17) is 0 Å². The fourth-order valence-electron chi connectivity index (χ4n) is 2.03. The van der Waals surface area contributed by atoms with Crippen LogP contribution in [0.3, 0.4) is 0 Å². The molecule has 1 aromatic rings. The van der Waals surface area contributed by atoms with Gasteiger partial charge in [-0.2, -0.15) is 0 Å². The van der Waals surface area contributed by atoms with Gasteiger partial charge in [0.1, 0.15) is 0 Å². The zero-order valence-corrected chi connectivity index (χ0v) is 12.9. The lowest BCUT2D eigenvalue weighted by molar-refractivity contribution is 0.574. The summed E-state index contributed by atoms with van der Waals surface area (Å²) in [5.74, 6) is 0.159. The first-order chi connectivity index (χ1) is 9.34. The van der Waals surface area contributed by atoms with Crippen LogP contribution in [-0.2, 0) is 20.0 Å². The van der Waals surface area contributed by atoms with Crippen LogP contribution in [-0.4, -0.2) is 34.9 Å². The molecule has 1 aromatic carbocycles. The molecule has 1 saturated heterocycles. The van der Waals surface area contributed by atoms with E-state index in [1.807, 2.05) is 0 Å². The van der Waals surface area contributed by atoms with Crippen LogP contribution < -0.4 is 9.03 Å². The normalized spacial score (nSPS) is 18.8. The fourth-order valence-corrected chi connectivity index (χ4v) is 4.31. The summed E-state index contributed by atoms with van der Waals surface area (Å²) in [5.41, 5.74) is 1.01. The molecule has 0 bridgehead atoms. The summed E-state index contributed by atoms with van der Waals surface area (Å²) in [4.78, 5) is 0. The van der Waals surface area contributed by atoms with E-state index in [1.165, 1.54) is 4.31 Å². The van der Waals surface area contributed by atoms with Gasteiger partial charge in [0, 0.05) is 12.2 Å². The summed E-state index contributed by atoms with van der Waals surface area (Å²) in [6.07, 6.45) is 1.52. The molecule has 20 heavy (non-hydrogen) atoms. The number of hydrogen-bond acceptors (Lipinski definition) is 4. The molecule has 0 atom stereocenters. The van der Waals surface area contributed by atoms with Gasteiger partial charge in [0.05, 0.1) is 17.2 Å². The van der Waals surface area contributed by atoms with Crippen LogP contribution in [0.5, 0.6) is 0 Å². The van der Waals surface area contributed by atoms with Gasteiger partial charge in [0.2, 0.25) is 20.0 Å². The Balaban J connectivity index is 2.20. The Hall–Kier alpha value is -1.28. The second-order valence-corrected chi connectivity index (χ2v) is 8.67. The second-order valence-electron chi connectivity index (χ2n) is 4.65. The van der Waals surface area contributed by atoms with E-state index in [1.54, 1.807) is 31.2 Å². The molecule has 0 amide bonds. The SMILES string of the molecule is CCS(=O)(=O)Nc1ccc(N2CCCCS2(=O)=O)cc1. The molecule has 1 heterocycles. The van der Waals surface area contributed by atoms with Crippen LogP contribution in [0.1, 0.15) is 19.8 Å². The van der Waals surface area contributed by atoms with Gasteiger partial charge >= 0.3 is 0 Å². The van der Waals surface area contributed by atoms with Crippen LogP contribution in [0.4, 0.5) is 11.4 Å². The molecule has 1 N–H and O–H groups in total. The number of rotatable bonds is 4. The lowest BCUT2D eigenvalue weighted by Crippen LogP contribution is -2.37. The summed E-state index contributed by atoms with van der Waals surface area (Å²) < 4.78 is 50.6. The topological polar surface area (TPSA) is 83.6 Å². The van der Waals surface area contributed by atoms with Crippen molar-refractivity contribution in [1.82, 2.24) is 0 Å². The van der Waals surface area contributed by atoms with E-state index < -0.39 is 20.0 Å². The minimum absolute atomic E-state index is 0.00471. The van der Waals surface area contributed by atoms with Crippen LogP contribution in [0.15, 0.2) is 24.3 Å². The van der Waals surface area contributed by atoms with E-state index in [-0.39, 0.29) is 11.5 Å². The number of anilines is 2. The number of hydrogen-bond donors (Lipinski definition) is 1. The molecule has 0 aromatic heterocycles. The number of benzene rings is 1. The average molecular weight is 318 g/mol. The molecule has 2 rings (SSSR count). The summed E-state index contributed by atoms with van der Waals surface area (Å²) in [6, 6.07) is 6.39. The molecule has 0 spiro atoms. The fraction of sp³-hybridized carbons (Fsp3) is 0.500. The van der Waals surface area contributed by atoms with Gasteiger partial charge in [-0.25, -0.2) is 16.8 Å². The van der Waals surface area contributed by atoms with Crippen LogP contribution in [0.25, 0.3) is 0 Å². The highest BCUT2D eigenvalue weighted by Crippen LogP contribution is 2.25. The number of sulfonamides is 2. The molecule has 0 radical (unpaired) electrons. The molecule has 0 aliphatic carbocycles. The van der Waals surface area contributed by atoms with Gasteiger partial charge in [0.15, 0.2) is 0 Å². The van der Waals surface area contributed by atoms with Gasteiger partial charge in [-0.1, -0.05) is 0 Å². The predicted molar refractivity (Wildman–Crippen MR) is 79.9 cm³/mol. The predicted octanol–water partition coefficient (Wildman–Crippen LogP) is 1.38. The first-order valence-electron chi connectivity index (χ1n) is 6.45. The van der Waals surface area contributed by atoms with Crippen molar-refractivity contribution in [3.05, 3.63) is 24.3 Å². The van der Waals surface area contributed by atoms with Crippen LogP contribution in [0, 0.1) is 0 Å². The van der Waals surface area contributed by atoms with Crippen molar-refractivity contribution in [2.45, 2.75) is 19.8 Å². The van der Waals surface area contributed by atoms with Gasteiger partial charge in [-0.15, -0.1) is 0 Å². The second kappa shape index (κ2) is 5.61. The third-order valence-electron chi connectivity index (χ3n) is 3.16. The van der Waals surface area contributed by atoms with E-state index in [2.05, 4.69) is 4.72 Å². The third kappa shape index (κ3) is 3.43. The van der Waals surface area contributed by atoms with Crippen molar-refractivity contribution in [2.24, 2.45) is 0 Å². The lowest BCUT2D eigenvalue weighted by atomic mass is 10.2. The largest absolute Gasteiger partial charge is 0.284 e. The third-order valence-corrected chi connectivity index (χ3v) is 6.33. The van der Waals surface area contributed by atoms with Crippen LogP contribution >= 0.6 is 0 Å². The Morgan fingerprint density at radius 3 is 2.40 bits per heavy atom. The molecule has 0 saturated carbocycles. The molecule has 1 aliphatic heterocycles. The summed E-state index contributed by atoms with van der Waals surface area (Å²) in [5, 5.41) is 0. The van der Waals surface area contributed by atoms with Crippen molar-refractivity contribution in [3.8, 4) is 0 Å². The summed E-state index contributed by atoms with van der Waals surface area (Å²) in [7, 11) is -6.55. The first-order valence-corrected chi connectivity index (χ1v) is 9.71. The Morgan fingerprint density at radius 2 is 1.85 bits per heavy atom. The van der Waals surface area contributed by atoms with Crippen molar-refractivity contribution in [1.29, 1.82) is 0 Å². The Morgan fingerprint density at radius 1 is 1.20 bits per heavy atom. The maximum atomic E-state index is 12.0. The number of nitrogens with zero attached hydrogens (tertiary/aromatic N) is 1. The van der Waals surface area contributed by atoms with E-state index in [0.717, 1.165) is 6.42 Å². The summed E-state index contributed by atoms with van der Waals surface area (Å²) in [6.45, 7) is 2.03. The lowest BCUT2D eigenvalue weighted by Gasteiger charge is -2.28. The number of nitrogens with one attached hydrogen (secondary N) is 1. The smallest absolute Gasteiger partial charge is 0.235 e. The molecule has 6 nitrogen and oxygen atoms in total. The highest BCUT2D eigenvalue weighted by molar-refractivity contribution is 7.93. The average Bonchev–Trinajstić information content (AvgIpc) is 2.39. The molecule has 0 unspecified atom stereocenters. The Bertz CT molecular complexity index is 666. The monoisotopic (exact) mass is 318 g/mol. The van der Waals surface area contributed by atoms with Crippen molar-refractivity contribution < 1.29 is 16.8 Å². The molecule has 112 valence electrons. The standard InChI is InChI=1S/C12H18N2O4S2/c1-2-19(15,16)13-11-5-7-12(8-6-11)14-9-3-4-10-20(14,17)18/h5-8,13H,2-4,9-10H2,1H3. The van der Waals surface area contributed by atoms with Crippen molar-refractivity contribution in [3.63, 3.8) is 0 Å². The van der Waals surface area contributed by atoms with E-state index in [0.29, 0.717) is 24.3 Å². The van der Waals surface area contributed by atoms with Gasteiger partial charge in [0.25, 0.3) is 0 Å². The molecular formula is C12H18N2O4S2. The molecular weight excluding hydrogens is 300 g/mol. The van der Waals surface area contributed by atoms with Crippen LogP contribution in [0.2, 0.25) is 0 Å². The molecule has 1 fully saturated rings. The van der Waals surface area contributed by atoms with Gasteiger partial charge in [-0.05, 0) is 44.0 Å². The first kappa shape index (κ1) is 15.1. The maximum Gasteiger partial charge on any atom is 0.235 e. The molecule has 8 heteroatoms. The van der Waals surface area contributed by atoms with Gasteiger partial charge < -0.3 is 0 Å². The van der Waals surface area contributed by atoms with E-state index in [9.17, 15) is 16.8 Å². The summed E-state index contributed by atoms with van der Waals surface area (Å²) >= 11 is 0. The Kier molecular flexibility index (Phi) is 4.24. The van der Waals surface area contributed by atoms with Gasteiger partial charge in [-0.3, -0.25) is 9.03 Å². The van der Waals surface area contributed by atoms with Crippen molar-refractivity contribution in [2.75, 3.05) is 27.1 Å². The van der Waals surface area contributed by atoms with E-state index >= 15 is 0 Å². The maximum absolute atomic E-state index is 12.0. The zero-order chi connectivity index (χ0) is 14.8. The van der Waals surface area contributed by atoms with Crippen molar-refractivity contribution >= 4 is 31.4 Å².